The number of hydrogen-bond acceptors (Lipinski definition) is 3. The van der Waals surface area contributed by atoms with Crippen LogP contribution in [0.3, 0.4) is 0 Å². The van der Waals surface area contributed by atoms with Gasteiger partial charge in [-0.1, -0.05) is 23.7 Å². The van der Waals surface area contributed by atoms with Gasteiger partial charge in [0.25, 0.3) is 0 Å². The third-order valence-corrected chi connectivity index (χ3v) is 4.77. The number of aliphatic imine (C=N–C) groups is 1. The van der Waals surface area contributed by atoms with Gasteiger partial charge in [-0.05, 0) is 42.7 Å². The summed E-state index contributed by atoms with van der Waals surface area (Å²) < 4.78 is 10.5. The van der Waals surface area contributed by atoms with E-state index in [0.717, 1.165) is 23.6 Å². The lowest BCUT2D eigenvalue weighted by Gasteiger charge is -2.14. The van der Waals surface area contributed by atoms with Crippen LogP contribution in [-0.2, 0) is 5.41 Å². The molecule has 0 saturated heterocycles. The number of nitrogens with zero attached hydrogens (tertiary/aromatic N) is 1. The predicted molar refractivity (Wildman–Crippen MR) is 102 cm³/mol. The maximum atomic E-state index is 6.05. The zero-order chi connectivity index (χ0) is 17.9. The van der Waals surface area contributed by atoms with Crippen molar-refractivity contribution in [1.82, 2.24) is 0 Å². The summed E-state index contributed by atoms with van der Waals surface area (Å²) in [4.78, 5) is 4.53. The van der Waals surface area contributed by atoms with E-state index < -0.39 is 0 Å². The first-order valence-electron chi connectivity index (χ1n) is 8.11. The lowest BCUT2D eigenvalue weighted by atomic mass is 9.96. The molecule has 25 heavy (non-hydrogen) atoms. The normalized spacial score (nSPS) is 15.6. The van der Waals surface area contributed by atoms with E-state index in [-0.39, 0.29) is 5.41 Å². The van der Waals surface area contributed by atoms with Crippen LogP contribution in [0, 0.1) is 0 Å². The van der Waals surface area contributed by atoms with Crippen LogP contribution in [0.1, 0.15) is 18.4 Å². The Labute approximate surface area is 152 Å². The van der Waals surface area contributed by atoms with E-state index in [1.54, 1.807) is 14.2 Å². The van der Waals surface area contributed by atoms with Crippen LogP contribution in [0.5, 0.6) is 11.5 Å². The molecule has 3 rings (SSSR count). The Morgan fingerprint density at radius 1 is 1.12 bits per heavy atom. The summed E-state index contributed by atoms with van der Waals surface area (Å²) in [6.07, 6.45) is 2.23. The smallest absolute Gasteiger partial charge is 0.193 e. The number of guanidine groups is 1. The van der Waals surface area contributed by atoms with Crippen molar-refractivity contribution >= 4 is 23.2 Å². The van der Waals surface area contributed by atoms with Crippen LogP contribution in [-0.4, -0.2) is 26.7 Å². The predicted octanol–water partition coefficient (Wildman–Crippen LogP) is 3.82. The van der Waals surface area contributed by atoms with Crippen LogP contribution in [0.25, 0.3) is 0 Å². The Morgan fingerprint density at radius 2 is 1.80 bits per heavy atom. The third kappa shape index (κ3) is 3.99. The number of methoxy groups -OCH3 is 2. The average molecular weight is 360 g/mol. The first kappa shape index (κ1) is 17.4. The molecule has 2 aromatic carbocycles. The van der Waals surface area contributed by atoms with Gasteiger partial charge in [-0.2, -0.15) is 0 Å². The van der Waals surface area contributed by atoms with Crippen LogP contribution < -0.4 is 20.5 Å². The molecule has 3 N–H and O–H groups in total. The molecule has 0 unspecified atom stereocenters. The quantitative estimate of drug-likeness (QED) is 0.607. The van der Waals surface area contributed by atoms with Gasteiger partial charge in [0, 0.05) is 22.2 Å². The Balaban J connectivity index is 1.67. The number of hydrogen-bond donors (Lipinski definition) is 2. The van der Waals surface area contributed by atoms with E-state index in [0.29, 0.717) is 24.0 Å². The van der Waals surface area contributed by atoms with E-state index in [4.69, 9.17) is 26.8 Å². The van der Waals surface area contributed by atoms with Crippen LogP contribution in [0.4, 0.5) is 5.69 Å². The number of nitrogens with one attached hydrogen (secondary N) is 1. The monoisotopic (exact) mass is 359 g/mol. The highest BCUT2D eigenvalue weighted by molar-refractivity contribution is 6.30. The summed E-state index contributed by atoms with van der Waals surface area (Å²) in [5.74, 6) is 1.69. The summed E-state index contributed by atoms with van der Waals surface area (Å²) >= 11 is 5.97. The van der Waals surface area contributed by atoms with Crippen molar-refractivity contribution in [2.75, 3.05) is 26.1 Å². The lowest BCUT2D eigenvalue weighted by molar-refractivity contribution is 0.355. The molecule has 5 nitrogen and oxygen atoms in total. The summed E-state index contributed by atoms with van der Waals surface area (Å²) in [6.45, 7) is 0.654. The van der Waals surface area contributed by atoms with Gasteiger partial charge in [0.1, 0.15) is 0 Å². The third-order valence-electron chi connectivity index (χ3n) is 4.52. The van der Waals surface area contributed by atoms with Crippen LogP contribution in [0.15, 0.2) is 47.5 Å². The molecule has 2 aromatic rings. The molecule has 0 aromatic heterocycles. The molecule has 1 saturated carbocycles. The standard InChI is InChI=1S/C19H22ClN3O2/c1-24-16-8-7-15(11-17(16)25-2)23-18(21)22-12-19(9-10-19)13-3-5-14(20)6-4-13/h3-8,11H,9-10,12H2,1-2H3,(H3,21,22,23). The molecule has 0 aliphatic heterocycles. The van der Waals surface area contributed by atoms with Gasteiger partial charge in [-0.25, -0.2) is 0 Å². The van der Waals surface area contributed by atoms with Crippen LogP contribution >= 0.6 is 11.6 Å². The highest BCUT2D eigenvalue weighted by atomic mass is 35.5. The fourth-order valence-electron chi connectivity index (χ4n) is 2.83. The number of rotatable bonds is 6. The molecular weight excluding hydrogens is 338 g/mol. The fourth-order valence-corrected chi connectivity index (χ4v) is 2.96. The second-order valence-corrected chi connectivity index (χ2v) is 6.62. The lowest BCUT2D eigenvalue weighted by Crippen LogP contribution is -2.25. The molecule has 1 aliphatic carbocycles. The molecule has 0 atom stereocenters. The van der Waals surface area contributed by atoms with Crippen molar-refractivity contribution in [3.8, 4) is 11.5 Å². The summed E-state index contributed by atoms with van der Waals surface area (Å²) in [7, 11) is 3.20. The maximum Gasteiger partial charge on any atom is 0.193 e. The minimum absolute atomic E-state index is 0.0918. The Morgan fingerprint density at radius 3 is 2.40 bits per heavy atom. The highest BCUT2D eigenvalue weighted by Gasteiger charge is 2.44. The van der Waals surface area contributed by atoms with Gasteiger partial charge in [-0.15, -0.1) is 0 Å². The largest absolute Gasteiger partial charge is 0.493 e. The molecule has 0 spiro atoms. The molecule has 0 amide bonds. The van der Waals surface area contributed by atoms with Crippen molar-refractivity contribution in [2.45, 2.75) is 18.3 Å². The van der Waals surface area contributed by atoms with Crippen molar-refractivity contribution in [3.63, 3.8) is 0 Å². The van der Waals surface area contributed by atoms with Gasteiger partial charge < -0.3 is 20.5 Å². The molecule has 1 fully saturated rings. The van der Waals surface area contributed by atoms with Crippen LogP contribution in [0.2, 0.25) is 5.02 Å². The number of halogens is 1. The summed E-state index contributed by atoms with van der Waals surface area (Å²) in [5, 5.41) is 3.85. The minimum Gasteiger partial charge on any atom is -0.493 e. The molecule has 0 heterocycles. The van der Waals surface area contributed by atoms with Gasteiger partial charge in [0.2, 0.25) is 0 Å². The Kier molecular flexibility index (Phi) is 5.04. The first-order chi connectivity index (χ1) is 12.1. The van der Waals surface area contributed by atoms with Gasteiger partial charge in [0.05, 0.1) is 20.8 Å². The van der Waals surface area contributed by atoms with Crippen molar-refractivity contribution in [2.24, 2.45) is 10.7 Å². The first-order valence-corrected chi connectivity index (χ1v) is 8.49. The molecule has 6 heteroatoms. The molecule has 0 bridgehead atoms. The van der Waals surface area contributed by atoms with E-state index >= 15 is 0 Å². The van der Waals surface area contributed by atoms with E-state index in [2.05, 4.69) is 22.4 Å². The Bertz CT molecular complexity index is 771. The van der Waals surface area contributed by atoms with Crippen molar-refractivity contribution in [3.05, 3.63) is 53.1 Å². The van der Waals surface area contributed by atoms with E-state index in [9.17, 15) is 0 Å². The number of ether oxygens (including phenoxy) is 2. The van der Waals surface area contributed by atoms with Gasteiger partial charge in [0.15, 0.2) is 17.5 Å². The second kappa shape index (κ2) is 7.23. The van der Waals surface area contributed by atoms with E-state index in [1.165, 1.54) is 5.56 Å². The zero-order valence-corrected chi connectivity index (χ0v) is 15.1. The molecule has 0 radical (unpaired) electrons. The van der Waals surface area contributed by atoms with Crippen molar-refractivity contribution < 1.29 is 9.47 Å². The Hall–Kier alpha value is -2.40. The number of nitrogens with two attached hydrogens (primary N) is 1. The fraction of sp³-hybridized carbons (Fsp3) is 0.316. The molecule has 132 valence electrons. The minimum atomic E-state index is 0.0918. The highest BCUT2D eigenvalue weighted by Crippen LogP contribution is 2.48. The maximum absolute atomic E-state index is 6.05. The SMILES string of the molecule is COc1ccc(NC(N)=NCC2(c3ccc(Cl)cc3)CC2)cc1OC. The second-order valence-electron chi connectivity index (χ2n) is 6.18. The van der Waals surface area contributed by atoms with Gasteiger partial charge >= 0.3 is 0 Å². The molecular formula is C19H22ClN3O2. The number of anilines is 1. The van der Waals surface area contributed by atoms with Crippen molar-refractivity contribution in [1.29, 1.82) is 0 Å². The average Bonchev–Trinajstić information content (AvgIpc) is 3.41. The summed E-state index contributed by atoms with van der Waals surface area (Å²) in [5.41, 5.74) is 8.21. The van der Waals surface area contributed by atoms with E-state index in [1.807, 2.05) is 30.3 Å². The molecule has 1 aliphatic rings. The zero-order valence-electron chi connectivity index (χ0n) is 14.4. The topological polar surface area (TPSA) is 68.9 Å². The summed E-state index contributed by atoms with van der Waals surface area (Å²) in [6, 6.07) is 13.5. The number of benzene rings is 2. The van der Waals surface area contributed by atoms with Gasteiger partial charge in [-0.3, -0.25) is 4.99 Å².